The summed E-state index contributed by atoms with van der Waals surface area (Å²) in [7, 11) is 0. The van der Waals surface area contributed by atoms with Crippen molar-refractivity contribution in [1.82, 2.24) is 10.2 Å². The van der Waals surface area contributed by atoms with Crippen molar-refractivity contribution in [2.24, 2.45) is 0 Å². The maximum absolute atomic E-state index is 8.67. The second-order valence-electron chi connectivity index (χ2n) is 2.69. The second-order valence-corrected chi connectivity index (χ2v) is 2.69. The summed E-state index contributed by atoms with van der Waals surface area (Å²) in [5, 5.41) is 16.1. The number of hydrogen-bond donors (Lipinski definition) is 1. The Morgan fingerprint density at radius 3 is 2.46 bits per heavy atom. The first kappa shape index (κ1) is 12.1. The zero-order valence-corrected chi connectivity index (χ0v) is 8.41. The third-order valence-corrected chi connectivity index (χ3v) is 1.21. The number of hydrogen-bond acceptors (Lipinski definition) is 4. The van der Waals surface area contributed by atoms with Crippen LogP contribution >= 0.6 is 12.4 Å². The SMILES string of the molecule is CC(C)Oc1ccc(CO)nn1.Cl. The fourth-order valence-electron chi connectivity index (χ4n) is 0.736. The number of halogens is 1. The van der Waals surface area contributed by atoms with Crippen molar-refractivity contribution >= 4 is 12.4 Å². The van der Waals surface area contributed by atoms with Crippen LogP contribution in [0.25, 0.3) is 0 Å². The van der Waals surface area contributed by atoms with E-state index in [1.807, 2.05) is 13.8 Å². The van der Waals surface area contributed by atoms with Gasteiger partial charge in [-0.05, 0) is 19.9 Å². The molecule has 0 amide bonds. The van der Waals surface area contributed by atoms with Crippen LogP contribution in [0.15, 0.2) is 12.1 Å². The Kier molecular flexibility index (Phi) is 5.34. The number of aliphatic hydroxyl groups excluding tert-OH is 1. The van der Waals surface area contributed by atoms with Gasteiger partial charge < -0.3 is 9.84 Å². The second kappa shape index (κ2) is 5.72. The summed E-state index contributed by atoms with van der Waals surface area (Å²) in [4.78, 5) is 0. The van der Waals surface area contributed by atoms with Crippen LogP contribution in [0.4, 0.5) is 0 Å². The number of rotatable bonds is 3. The lowest BCUT2D eigenvalue weighted by molar-refractivity contribution is 0.227. The fourth-order valence-corrected chi connectivity index (χ4v) is 0.736. The smallest absolute Gasteiger partial charge is 0.233 e. The van der Waals surface area contributed by atoms with Gasteiger partial charge in [0.25, 0.3) is 0 Å². The summed E-state index contributed by atoms with van der Waals surface area (Å²) in [5.41, 5.74) is 0.547. The van der Waals surface area contributed by atoms with Gasteiger partial charge in [0.1, 0.15) is 0 Å². The Hall–Kier alpha value is -0.870. The van der Waals surface area contributed by atoms with Crippen LogP contribution in [0, 0.1) is 0 Å². The van der Waals surface area contributed by atoms with Crippen LogP contribution in [0.2, 0.25) is 0 Å². The van der Waals surface area contributed by atoms with E-state index in [9.17, 15) is 0 Å². The quantitative estimate of drug-likeness (QED) is 0.804. The largest absolute Gasteiger partial charge is 0.474 e. The highest BCUT2D eigenvalue weighted by molar-refractivity contribution is 5.85. The van der Waals surface area contributed by atoms with Crippen molar-refractivity contribution in [2.75, 3.05) is 0 Å². The molecular weight excluding hydrogens is 192 g/mol. The molecule has 0 aliphatic rings. The topological polar surface area (TPSA) is 55.2 Å². The van der Waals surface area contributed by atoms with Crippen molar-refractivity contribution in [3.8, 4) is 5.88 Å². The first-order valence-corrected chi connectivity index (χ1v) is 3.82. The van der Waals surface area contributed by atoms with E-state index in [4.69, 9.17) is 9.84 Å². The third kappa shape index (κ3) is 4.05. The maximum atomic E-state index is 8.67. The highest BCUT2D eigenvalue weighted by Crippen LogP contribution is 2.06. The zero-order valence-electron chi connectivity index (χ0n) is 7.60. The Labute approximate surface area is 83.4 Å². The van der Waals surface area contributed by atoms with Gasteiger partial charge in [-0.3, -0.25) is 0 Å². The molecule has 0 fully saturated rings. The van der Waals surface area contributed by atoms with Crippen LogP contribution in [-0.2, 0) is 6.61 Å². The van der Waals surface area contributed by atoms with Gasteiger partial charge in [0.2, 0.25) is 5.88 Å². The molecule has 1 aromatic heterocycles. The van der Waals surface area contributed by atoms with Gasteiger partial charge in [0.15, 0.2) is 0 Å². The minimum absolute atomic E-state index is 0. The van der Waals surface area contributed by atoms with Gasteiger partial charge in [0, 0.05) is 6.07 Å². The molecule has 1 aromatic rings. The Morgan fingerprint density at radius 2 is 2.08 bits per heavy atom. The van der Waals surface area contributed by atoms with E-state index in [-0.39, 0.29) is 25.1 Å². The monoisotopic (exact) mass is 204 g/mol. The molecule has 0 radical (unpaired) electrons. The summed E-state index contributed by atoms with van der Waals surface area (Å²) >= 11 is 0. The highest BCUT2D eigenvalue weighted by atomic mass is 35.5. The van der Waals surface area contributed by atoms with E-state index in [0.29, 0.717) is 11.6 Å². The minimum atomic E-state index is -0.0883. The molecule has 0 saturated carbocycles. The van der Waals surface area contributed by atoms with Crippen molar-refractivity contribution in [1.29, 1.82) is 0 Å². The normalized spacial score (nSPS) is 9.54. The highest BCUT2D eigenvalue weighted by Gasteiger charge is 1.99. The molecule has 13 heavy (non-hydrogen) atoms. The number of aliphatic hydroxyl groups is 1. The lowest BCUT2D eigenvalue weighted by atomic mass is 10.4. The van der Waals surface area contributed by atoms with Crippen molar-refractivity contribution < 1.29 is 9.84 Å². The molecule has 0 unspecified atom stereocenters. The molecule has 1 N–H and O–H groups in total. The minimum Gasteiger partial charge on any atom is -0.474 e. The molecule has 0 aliphatic carbocycles. The molecule has 0 aromatic carbocycles. The molecule has 0 aliphatic heterocycles. The molecule has 1 rings (SSSR count). The van der Waals surface area contributed by atoms with Gasteiger partial charge in [-0.1, -0.05) is 0 Å². The van der Waals surface area contributed by atoms with E-state index in [2.05, 4.69) is 10.2 Å². The third-order valence-electron chi connectivity index (χ3n) is 1.21. The molecule has 4 nitrogen and oxygen atoms in total. The average Bonchev–Trinajstić information content (AvgIpc) is 2.05. The number of nitrogens with zero attached hydrogens (tertiary/aromatic N) is 2. The fraction of sp³-hybridized carbons (Fsp3) is 0.500. The molecule has 74 valence electrons. The predicted molar refractivity (Wildman–Crippen MR) is 51.0 cm³/mol. The predicted octanol–water partition coefficient (Wildman–Crippen LogP) is 1.18. The van der Waals surface area contributed by atoms with Crippen molar-refractivity contribution in [3.05, 3.63) is 17.8 Å². The molecule has 1 heterocycles. The van der Waals surface area contributed by atoms with E-state index in [0.717, 1.165) is 0 Å². The van der Waals surface area contributed by atoms with Crippen LogP contribution in [-0.4, -0.2) is 21.4 Å². The van der Waals surface area contributed by atoms with E-state index < -0.39 is 0 Å². The van der Waals surface area contributed by atoms with Gasteiger partial charge in [-0.25, -0.2) is 0 Å². The van der Waals surface area contributed by atoms with E-state index in [1.54, 1.807) is 12.1 Å². The molecule has 0 spiro atoms. The van der Waals surface area contributed by atoms with Crippen molar-refractivity contribution in [3.63, 3.8) is 0 Å². The summed E-state index contributed by atoms with van der Waals surface area (Å²) < 4.78 is 5.26. The summed E-state index contributed by atoms with van der Waals surface area (Å²) in [6, 6.07) is 3.38. The lowest BCUT2D eigenvalue weighted by Gasteiger charge is -2.06. The van der Waals surface area contributed by atoms with Crippen molar-refractivity contribution in [2.45, 2.75) is 26.6 Å². The Bertz CT molecular complexity index is 238. The van der Waals surface area contributed by atoms with Gasteiger partial charge in [-0.15, -0.1) is 22.6 Å². The molecule has 0 atom stereocenters. The van der Waals surface area contributed by atoms with E-state index >= 15 is 0 Å². The van der Waals surface area contributed by atoms with Gasteiger partial charge >= 0.3 is 0 Å². The number of aromatic nitrogens is 2. The molecule has 5 heteroatoms. The summed E-state index contributed by atoms with van der Waals surface area (Å²) in [6.07, 6.45) is 0.0966. The Balaban J connectivity index is 0.00000144. The standard InChI is InChI=1S/C8H12N2O2.ClH/c1-6(2)12-8-4-3-7(5-11)9-10-8;/h3-4,6,11H,5H2,1-2H3;1H. The zero-order chi connectivity index (χ0) is 8.97. The molecular formula is C8H13ClN2O2. The summed E-state index contributed by atoms with van der Waals surface area (Å²) in [6.45, 7) is 3.75. The first-order chi connectivity index (χ1) is 5.72. The molecule has 0 saturated heterocycles. The lowest BCUT2D eigenvalue weighted by Crippen LogP contribution is -2.07. The van der Waals surface area contributed by atoms with E-state index in [1.165, 1.54) is 0 Å². The molecule has 0 bridgehead atoms. The van der Waals surface area contributed by atoms with Gasteiger partial charge in [0.05, 0.1) is 18.4 Å². The number of ether oxygens (including phenoxy) is 1. The van der Waals surface area contributed by atoms with Crippen LogP contribution in [0.1, 0.15) is 19.5 Å². The maximum Gasteiger partial charge on any atom is 0.233 e. The Morgan fingerprint density at radius 1 is 1.38 bits per heavy atom. The first-order valence-electron chi connectivity index (χ1n) is 3.82. The van der Waals surface area contributed by atoms with Crippen LogP contribution in [0.3, 0.4) is 0 Å². The van der Waals surface area contributed by atoms with Crippen LogP contribution in [0.5, 0.6) is 5.88 Å². The summed E-state index contributed by atoms with van der Waals surface area (Å²) in [5.74, 6) is 0.488. The average molecular weight is 205 g/mol. The van der Waals surface area contributed by atoms with Crippen LogP contribution < -0.4 is 4.74 Å². The van der Waals surface area contributed by atoms with Gasteiger partial charge in [-0.2, -0.15) is 0 Å².